The number of aryl methyl sites for hydroxylation is 2. The van der Waals surface area contributed by atoms with Crippen LogP contribution < -0.4 is 16.0 Å². The molecule has 1 aliphatic heterocycles. The Balaban J connectivity index is 1.43. The van der Waals surface area contributed by atoms with Crippen LogP contribution in [-0.2, 0) is 12.8 Å². The Morgan fingerprint density at radius 2 is 2.08 bits per heavy atom. The van der Waals surface area contributed by atoms with Gasteiger partial charge in [0.05, 0.1) is 5.69 Å². The number of rotatable bonds is 4. The molecule has 4 rings (SSSR count). The third-order valence-corrected chi connectivity index (χ3v) is 6.08. The first-order valence-electron chi connectivity index (χ1n) is 8.90. The quantitative estimate of drug-likeness (QED) is 0.755. The summed E-state index contributed by atoms with van der Waals surface area (Å²) >= 11 is 1.72. The lowest BCUT2D eigenvalue weighted by Gasteiger charge is -2.33. The van der Waals surface area contributed by atoms with Crippen molar-refractivity contribution in [3.05, 3.63) is 53.0 Å². The van der Waals surface area contributed by atoms with Crippen molar-refractivity contribution in [1.29, 1.82) is 0 Å². The van der Waals surface area contributed by atoms with Crippen molar-refractivity contribution in [3.63, 3.8) is 0 Å². The second-order valence-electron chi connectivity index (χ2n) is 6.76. The summed E-state index contributed by atoms with van der Waals surface area (Å²) in [5.74, 6) is 0. The van der Waals surface area contributed by atoms with E-state index in [0.29, 0.717) is 6.04 Å². The Kier molecular flexibility index (Phi) is 4.59. The largest absolute Gasteiger partial charge is 0.397 e. The van der Waals surface area contributed by atoms with Gasteiger partial charge in [-0.25, -0.2) is 4.98 Å². The molecular weight excluding hydrogens is 328 g/mol. The first kappa shape index (κ1) is 16.4. The second-order valence-corrected chi connectivity index (χ2v) is 7.85. The highest BCUT2D eigenvalue weighted by Gasteiger charge is 2.15. The van der Waals surface area contributed by atoms with Crippen LogP contribution in [-0.4, -0.2) is 30.7 Å². The molecule has 5 heteroatoms. The molecule has 25 heavy (non-hydrogen) atoms. The maximum atomic E-state index is 6.30. The summed E-state index contributed by atoms with van der Waals surface area (Å²) in [5.41, 5.74) is 9.88. The van der Waals surface area contributed by atoms with Crippen molar-refractivity contribution in [2.75, 3.05) is 30.3 Å². The predicted octanol–water partition coefficient (Wildman–Crippen LogP) is 3.46. The number of aromatic nitrogens is 1. The van der Waals surface area contributed by atoms with E-state index in [0.717, 1.165) is 48.4 Å². The van der Waals surface area contributed by atoms with E-state index in [1.54, 1.807) is 11.3 Å². The predicted molar refractivity (Wildman–Crippen MR) is 108 cm³/mol. The fourth-order valence-electron chi connectivity index (χ4n) is 3.48. The first-order valence-corrected chi connectivity index (χ1v) is 9.71. The number of benzene rings is 1. The SMILES string of the molecule is CC1CN(c2ccc(CCc3sc4ncccc4c3N)cc2)CCN1. The molecule has 0 bridgehead atoms. The molecule has 0 spiro atoms. The molecule has 1 atom stereocenters. The van der Waals surface area contributed by atoms with Gasteiger partial charge in [0.1, 0.15) is 4.83 Å². The molecule has 3 aromatic rings. The Hall–Kier alpha value is -2.11. The number of piperazine rings is 1. The summed E-state index contributed by atoms with van der Waals surface area (Å²) in [6, 6.07) is 13.6. The summed E-state index contributed by atoms with van der Waals surface area (Å²) in [5, 5.41) is 4.58. The van der Waals surface area contributed by atoms with E-state index in [9.17, 15) is 0 Å². The highest BCUT2D eigenvalue weighted by atomic mass is 32.1. The number of hydrogen-bond acceptors (Lipinski definition) is 5. The zero-order valence-electron chi connectivity index (χ0n) is 14.5. The van der Waals surface area contributed by atoms with Crippen LogP contribution in [0.1, 0.15) is 17.4 Å². The van der Waals surface area contributed by atoms with E-state index in [2.05, 4.69) is 52.5 Å². The van der Waals surface area contributed by atoms with Crippen molar-refractivity contribution in [2.45, 2.75) is 25.8 Å². The number of nitrogens with one attached hydrogen (secondary N) is 1. The molecular formula is C20H24N4S. The number of nitrogens with zero attached hydrogens (tertiary/aromatic N) is 2. The Morgan fingerprint density at radius 3 is 2.84 bits per heavy atom. The molecule has 1 fully saturated rings. The molecule has 3 heterocycles. The average Bonchev–Trinajstić information content (AvgIpc) is 2.97. The van der Waals surface area contributed by atoms with E-state index in [-0.39, 0.29) is 0 Å². The lowest BCUT2D eigenvalue weighted by atomic mass is 10.1. The van der Waals surface area contributed by atoms with Crippen LogP contribution in [0.5, 0.6) is 0 Å². The van der Waals surface area contributed by atoms with Crippen molar-refractivity contribution >= 4 is 32.9 Å². The molecule has 0 amide bonds. The van der Waals surface area contributed by atoms with Gasteiger partial charge >= 0.3 is 0 Å². The molecule has 1 aliphatic rings. The first-order chi connectivity index (χ1) is 12.2. The van der Waals surface area contributed by atoms with Crippen LogP contribution >= 0.6 is 11.3 Å². The summed E-state index contributed by atoms with van der Waals surface area (Å²) in [6.07, 6.45) is 3.81. The average molecular weight is 353 g/mol. The minimum atomic E-state index is 0.554. The highest BCUT2D eigenvalue weighted by molar-refractivity contribution is 7.19. The summed E-state index contributed by atoms with van der Waals surface area (Å²) in [7, 11) is 0. The second kappa shape index (κ2) is 7.02. The molecule has 4 nitrogen and oxygen atoms in total. The van der Waals surface area contributed by atoms with Gasteiger partial charge in [0.2, 0.25) is 0 Å². The molecule has 0 saturated carbocycles. The Labute approximate surface area is 152 Å². The van der Waals surface area contributed by atoms with Crippen molar-refractivity contribution in [2.24, 2.45) is 0 Å². The van der Waals surface area contributed by atoms with Gasteiger partial charge < -0.3 is 16.0 Å². The minimum absolute atomic E-state index is 0.554. The van der Waals surface area contributed by atoms with Gasteiger partial charge in [0, 0.05) is 47.8 Å². The minimum Gasteiger partial charge on any atom is -0.397 e. The Morgan fingerprint density at radius 1 is 1.24 bits per heavy atom. The van der Waals surface area contributed by atoms with E-state index >= 15 is 0 Å². The Bertz CT molecular complexity index is 856. The van der Waals surface area contributed by atoms with Gasteiger partial charge in [-0.1, -0.05) is 12.1 Å². The maximum Gasteiger partial charge on any atom is 0.125 e. The molecule has 1 aromatic carbocycles. The fourth-order valence-corrected chi connectivity index (χ4v) is 4.54. The number of hydrogen-bond donors (Lipinski definition) is 2. The van der Waals surface area contributed by atoms with E-state index in [1.807, 2.05) is 12.3 Å². The van der Waals surface area contributed by atoms with Crippen LogP contribution in [0.4, 0.5) is 11.4 Å². The van der Waals surface area contributed by atoms with Gasteiger partial charge in [-0.05, 0) is 49.6 Å². The molecule has 0 aliphatic carbocycles. The van der Waals surface area contributed by atoms with E-state index in [1.165, 1.54) is 16.1 Å². The fraction of sp³-hybridized carbons (Fsp3) is 0.350. The molecule has 130 valence electrons. The zero-order valence-corrected chi connectivity index (χ0v) is 15.4. The molecule has 0 radical (unpaired) electrons. The standard InChI is InChI=1S/C20H24N4S/c1-14-13-24(12-11-22-14)16-7-4-15(5-8-16)6-9-18-19(21)17-3-2-10-23-20(17)25-18/h2-5,7-8,10,14,22H,6,9,11-13,21H2,1H3. The zero-order chi connectivity index (χ0) is 17.2. The number of thiophene rings is 1. The number of anilines is 2. The molecule has 1 unspecified atom stereocenters. The highest BCUT2D eigenvalue weighted by Crippen LogP contribution is 2.32. The van der Waals surface area contributed by atoms with Gasteiger partial charge in [-0.15, -0.1) is 11.3 Å². The number of nitrogen functional groups attached to an aromatic ring is 1. The van der Waals surface area contributed by atoms with Crippen LogP contribution in [0, 0.1) is 0 Å². The van der Waals surface area contributed by atoms with Gasteiger partial charge in [-0.3, -0.25) is 0 Å². The van der Waals surface area contributed by atoms with Crippen molar-refractivity contribution in [3.8, 4) is 0 Å². The normalized spacial score (nSPS) is 18.0. The van der Waals surface area contributed by atoms with Crippen molar-refractivity contribution in [1.82, 2.24) is 10.3 Å². The van der Waals surface area contributed by atoms with Crippen molar-refractivity contribution < 1.29 is 0 Å². The van der Waals surface area contributed by atoms with Crippen LogP contribution in [0.25, 0.3) is 10.2 Å². The topological polar surface area (TPSA) is 54.2 Å². The lowest BCUT2D eigenvalue weighted by Crippen LogP contribution is -2.49. The molecule has 1 saturated heterocycles. The maximum absolute atomic E-state index is 6.30. The van der Waals surface area contributed by atoms with Gasteiger partial charge in [-0.2, -0.15) is 0 Å². The molecule has 2 aromatic heterocycles. The summed E-state index contributed by atoms with van der Waals surface area (Å²) in [4.78, 5) is 9.16. The summed E-state index contributed by atoms with van der Waals surface area (Å²) < 4.78 is 0. The molecule has 3 N–H and O–H groups in total. The van der Waals surface area contributed by atoms with Gasteiger partial charge in [0.25, 0.3) is 0 Å². The van der Waals surface area contributed by atoms with Crippen LogP contribution in [0.15, 0.2) is 42.6 Å². The van der Waals surface area contributed by atoms with E-state index in [4.69, 9.17) is 5.73 Å². The van der Waals surface area contributed by atoms with Crippen LogP contribution in [0.2, 0.25) is 0 Å². The number of fused-ring (bicyclic) bond motifs is 1. The van der Waals surface area contributed by atoms with E-state index < -0.39 is 0 Å². The van der Waals surface area contributed by atoms with Crippen LogP contribution in [0.3, 0.4) is 0 Å². The monoisotopic (exact) mass is 352 g/mol. The number of pyridine rings is 1. The third kappa shape index (κ3) is 3.48. The lowest BCUT2D eigenvalue weighted by molar-refractivity contribution is 0.485. The smallest absolute Gasteiger partial charge is 0.125 e. The van der Waals surface area contributed by atoms with Gasteiger partial charge in [0.15, 0.2) is 0 Å². The number of nitrogens with two attached hydrogens (primary N) is 1. The summed E-state index contributed by atoms with van der Waals surface area (Å²) in [6.45, 7) is 5.45. The third-order valence-electron chi connectivity index (χ3n) is 4.89.